The van der Waals surface area contributed by atoms with Gasteiger partial charge in [-0.3, -0.25) is 14.9 Å². The second-order valence-electron chi connectivity index (χ2n) is 4.22. The van der Waals surface area contributed by atoms with Crippen molar-refractivity contribution in [3.63, 3.8) is 0 Å². The van der Waals surface area contributed by atoms with Crippen LogP contribution in [0.15, 0.2) is 24.3 Å². The molecule has 1 unspecified atom stereocenters. The Bertz CT molecular complexity index is 446. The maximum Gasteiger partial charge on any atom is 0.322 e. The van der Waals surface area contributed by atoms with Crippen molar-refractivity contribution in [2.75, 3.05) is 18.5 Å². The number of nitrogens with one attached hydrogen (secondary N) is 2. The van der Waals surface area contributed by atoms with Crippen LogP contribution in [0.4, 0.5) is 5.69 Å². The number of hydrogen-bond donors (Lipinski definition) is 2. The predicted molar refractivity (Wildman–Crippen MR) is 73.9 cm³/mol. The maximum atomic E-state index is 11.7. The Balaban J connectivity index is 2.40. The summed E-state index contributed by atoms with van der Waals surface area (Å²) in [7, 11) is 0. The van der Waals surface area contributed by atoms with Crippen LogP contribution in [-0.4, -0.2) is 31.1 Å². The summed E-state index contributed by atoms with van der Waals surface area (Å²) < 4.78 is 4.84. The number of aryl methyl sites for hydroxylation is 1. The second-order valence-corrected chi connectivity index (χ2v) is 4.22. The van der Waals surface area contributed by atoms with Crippen LogP contribution in [0.2, 0.25) is 0 Å². The largest absolute Gasteiger partial charge is 0.465 e. The minimum atomic E-state index is -0.498. The quantitative estimate of drug-likeness (QED) is 0.764. The van der Waals surface area contributed by atoms with Crippen LogP contribution in [0.1, 0.15) is 19.4 Å². The summed E-state index contributed by atoms with van der Waals surface area (Å²) in [6.45, 7) is 5.73. The summed E-state index contributed by atoms with van der Waals surface area (Å²) in [5, 5.41) is 5.60. The zero-order chi connectivity index (χ0) is 14.3. The minimum Gasteiger partial charge on any atom is -0.465 e. The van der Waals surface area contributed by atoms with E-state index in [0.717, 1.165) is 11.3 Å². The van der Waals surface area contributed by atoms with E-state index in [-0.39, 0.29) is 18.4 Å². The fourth-order valence-electron chi connectivity index (χ4n) is 1.50. The molecular weight excluding hydrogens is 244 g/mol. The topological polar surface area (TPSA) is 67.4 Å². The highest BCUT2D eigenvalue weighted by molar-refractivity contribution is 5.93. The molecule has 2 N–H and O–H groups in total. The molecule has 0 aromatic heterocycles. The normalized spacial score (nSPS) is 11.7. The smallest absolute Gasteiger partial charge is 0.322 e. The fourth-order valence-corrected chi connectivity index (χ4v) is 1.50. The number of hydrogen-bond acceptors (Lipinski definition) is 4. The van der Waals surface area contributed by atoms with Crippen LogP contribution in [-0.2, 0) is 14.3 Å². The van der Waals surface area contributed by atoms with Crippen molar-refractivity contribution in [3.8, 4) is 0 Å². The van der Waals surface area contributed by atoms with Crippen LogP contribution in [0, 0.1) is 6.92 Å². The highest BCUT2D eigenvalue weighted by atomic mass is 16.5. The molecule has 0 radical (unpaired) electrons. The van der Waals surface area contributed by atoms with Crippen molar-refractivity contribution < 1.29 is 14.3 Å². The van der Waals surface area contributed by atoms with Crippen molar-refractivity contribution in [2.45, 2.75) is 26.8 Å². The number of ether oxygens (including phenoxy) is 1. The van der Waals surface area contributed by atoms with Gasteiger partial charge in [-0.25, -0.2) is 0 Å². The van der Waals surface area contributed by atoms with E-state index in [1.165, 1.54) is 0 Å². The first kappa shape index (κ1) is 15.2. The molecular formula is C14H20N2O3. The Labute approximate surface area is 113 Å². The third-order valence-electron chi connectivity index (χ3n) is 2.63. The highest BCUT2D eigenvalue weighted by Gasteiger charge is 2.14. The number of anilines is 1. The lowest BCUT2D eigenvalue weighted by atomic mass is 10.2. The van der Waals surface area contributed by atoms with Crippen LogP contribution >= 0.6 is 0 Å². The number of esters is 1. The average Bonchev–Trinajstić information content (AvgIpc) is 2.39. The van der Waals surface area contributed by atoms with Gasteiger partial charge in [0.2, 0.25) is 5.91 Å². The molecule has 0 heterocycles. The molecule has 1 aromatic rings. The molecule has 5 heteroatoms. The predicted octanol–water partition coefficient (Wildman–Crippen LogP) is 1.47. The summed E-state index contributed by atoms with van der Waals surface area (Å²) in [5.41, 5.74) is 1.77. The van der Waals surface area contributed by atoms with E-state index in [4.69, 9.17) is 4.74 Å². The summed E-state index contributed by atoms with van der Waals surface area (Å²) >= 11 is 0. The Morgan fingerprint density at radius 1 is 1.32 bits per heavy atom. The number of benzene rings is 1. The van der Waals surface area contributed by atoms with E-state index in [9.17, 15) is 9.59 Å². The SMILES string of the molecule is CCOC(=O)C(C)NCC(=O)Nc1ccccc1C. The molecule has 1 amide bonds. The number of para-hydroxylation sites is 1. The number of carbonyl (C=O) groups is 2. The van der Waals surface area contributed by atoms with Gasteiger partial charge < -0.3 is 10.1 Å². The molecule has 104 valence electrons. The highest BCUT2D eigenvalue weighted by Crippen LogP contribution is 2.12. The fraction of sp³-hybridized carbons (Fsp3) is 0.429. The number of carbonyl (C=O) groups excluding carboxylic acids is 2. The van der Waals surface area contributed by atoms with Gasteiger partial charge in [0.15, 0.2) is 0 Å². The average molecular weight is 264 g/mol. The lowest BCUT2D eigenvalue weighted by Gasteiger charge is -2.13. The molecule has 0 spiro atoms. The summed E-state index contributed by atoms with van der Waals surface area (Å²) in [6, 6.07) is 7.03. The standard InChI is InChI=1S/C14H20N2O3/c1-4-19-14(18)11(3)15-9-13(17)16-12-8-6-5-7-10(12)2/h5-8,11,15H,4,9H2,1-3H3,(H,16,17). The second kappa shape index (κ2) is 7.53. The van der Waals surface area contributed by atoms with Gasteiger partial charge in [0.25, 0.3) is 0 Å². The van der Waals surface area contributed by atoms with Gasteiger partial charge in [0.05, 0.1) is 13.2 Å². The van der Waals surface area contributed by atoms with Gasteiger partial charge in [-0.2, -0.15) is 0 Å². The summed E-state index contributed by atoms with van der Waals surface area (Å²) in [4.78, 5) is 23.1. The van der Waals surface area contributed by atoms with Crippen molar-refractivity contribution in [3.05, 3.63) is 29.8 Å². The van der Waals surface area contributed by atoms with Crippen LogP contribution in [0.5, 0.6) is 0 Å². The third kappa shape index (κ3) is 5.09. The van der Waals surface area contributed by atoms with Crippen molar-refractivity contribution in [1.29, 1.82) is 0 Å². The molecule has 1 aromatic carbocycles. The zero-order valence-electron chi connectivity index (χ0n) is 11.5. The van der Waals surface area contributed by atoms with Gasteiger partial charge in [-0.05, 0) is 32.4 Å². The first-order chi connectivity index (χ1) is 9.04. The molecule has 0 bridgehead atoms. The van der Waals surface area contributed by atoms with Crippen LogP contribution in [0.3, 0.4) is 0 Å². The van der Waals surface area contributed by atoms with Crippen molar-refractivity contribution >= 4 is 17.6 Å². The van der Waals surface area contributed by atoms with Crippen molar-refractivity contribution in [2.24, 2.45) is 0 Å². The molecule has 0 aliphatic heterocycles. The van der Waals surface area contributed by atoms with E-state index in [1.807, 2.05) is 31.2 Å². The molecule has 5 nitrogen and oxygen atoms in total. The Morgan fingerprint density at radius 3 is 2.63 bits per heavy atom. The van der Waals surface area contributed by atoms with Gasteiger partial charge in [0, 0.05) is 5.69 Å². The number of amides is 1. The van der Waals surface area contributed by atoms with E-state index < -0.39 is 6.04 Å². The Morgan fingerprint density at radius 2 is 2.00 bits per heavy atom. The van der Waals surface area contributed by atoms with E-state index in [0.29, 0.717) is 6.61 Å². The molecule has 19 heavy (non-hydrogen) atoms. The zero-order valence-corrected chi connectivity index (χ0v) is 11.5. The molecule has 0 aliphatic carbocycles. The maximum absolute atomic E-state index is 11.7. The minimum absolute atomic E-state index is 0.0638. The van der Waals surface area contributed by atoms with Gasteiger partial charge >= 0.3 is 5.97 Å². The van der Waals surface area contributed by atoms with Crippen LogP contribution in [0.25, 0.3) is 0 Å². The van der Waals surface area contributed by atoms with Gasteiger partial charge in [0.1, 0.15) is 6.04 Å². The molecule has 0 saturated carbocycles. The van der Waals surface area contributed by atoms with Crippen molar-refractivity contribution in [1.82, 2.24) is 5.32 Å². The van der Waals surface area contributed by atoms with E-state index in [1.54, 1.807) is 13.8 Å². The Kier molecular flexibility index (Phi) is 6.02. The molecule has 1 atom stereocenters. The number of rotatable bonds is 6. The first-order valence-electron chi connectivity index (χ1n) is 6.30. The molecule has 0 aliphatic rings. The van der Waals surface area contributed by atoms with E-state index in [2.05, 4.69) is 10.6 Å². The van der Waals surface area contributed by atoms with Gasteiger partial charge in [-0.1, -0.05) is 18.2 Å². The molecule has 0 fully saturated rings. The van der Waals surface area contributed by atoms with Gasteiger partial charge in [-0.15, -0.1) is 0 Å². The Hall–Kier alpha value is -1.88. The molecule has 0 saturated heterocycles. The van der Waals surface area contributed by atoms with E-state index >= 15 is 0 Å². The third-order valence-corrected chi connectivity index (χ3v) is 2.63. The van der Waals surface area contributed by atoms with Crippen LogP contribution < -0.4 is 10.6 Å². The first-order valence-corrected chi connectivity index (χ1v) is 6.30. The summed E-state index contributed by atoms with van der Waals surface area (Å²) in [5.74, 6) is -0.545. The lowest BCUT2D eigenvalue weighted by molar-refractivity contribution is -0.145. The summed E-state index contributed by atoms with van der Waals surface area (Å²) in [6.07, 6.45) is 0. The molecule has 1 rings (SSSR count). The monoisotopic (exact) mass is 264 g/mol. The lowest BCUT2D eigenvalue weighted by Crippen LogP contribution is -2.40.